The van der Waals surface area contributed by atoms with Crippen LogP contribution in [0, 0.1) is 0 Å². The first-order chi connectivity index (χ1) is 8.40. The van der Waals surface area contributed by atoms with Crippen LogP contribution in [0.5, 0.6) is 0 Å². The van der Waals surface area contributed by atoms with Gasteiger partial charge in [0.1, 0.15) is 0 Å². The molecule has 6 heteroatoms. The highest BCUT2D eigenvalue weighted by atomic mass is 16.2. The van der Waals surface area contributed by atoms with Crippen LogP contribution in [0.2, 0.25) is 0 Å². The fourth-order valence-corrected chi connectivity index (χ4v) is 1.43. The Bertz CT molecular complexity index is 428. The molecule has 1 aromatic rings. The minimum absolute atomic E-state index is 0.147. The normalized spacial score (nSPS) is 13.5. The molecule has 0 aromatic heterocycles. The van der Waals surface area contributed by atoms with Gasteiger partial charge in [-0.1, -0.05) is 12.1 Å². The Hall–Kier alpha value is -2.08. The molecule has 1 rings (SSSR count). The molecule has 0 heterocycles. The third kappa shape index (κ3) is 4.06. The molecule has 1 aromatic carbocycles. The van der Waals surface area contributed by atoms with Crippen molar-refractivity contribution in [1.29, 1.82) is 0 Å². The number of carbonyl (C=O) groups excluding carboxylic acids is 2. The predicted molar refractivity (Wildman–Crippen MR) is 69.9 cm³/mol. The van der Waals surface area contributed by atoms with Crippen LogP contribution in [0.25, 0.3) is 0 Å². The van der Waals surface area contributed by atoms with E-state index in [4.69, 9.17) is 11.5 Å². The van der Waals surface area contributed by atoms with Crippen LogP contribution in [-0.4, -0.2) is 18.0 Å². The molecule has 0 aliphatic carbocycles. The van der Waals surface area contributed by atoms with Gasteiger partial charge in [0.15, 0.2) is 0 Å². The zero-order valence-electron chi connectivity index (χ0n) is 10.4. The van der Waals surface area contributed by atoms with Crippen molar-refractivity contribution in [2.75, 3.05) is 5.32 Å². The lowest BCUT2D eigenvalue weighted by atomic mass is 10.1. The Morgan fingerprint density at radius 1 is 1.17 bits per heavy atom. The number of amides is 3. The van der Waals surface area contributed by atoms with E-state index in [9.17, 15) is 9.59 Å². The molecule has 18 heavy (non-hydrogen) atoms. The number of urea groups is 1. The van der Waals surface area contributed by atoms with Gasteiger partial charge in [-0.15, -0.1) is 0 Å². The van der Waals surface area contributed by atoms with Crippen LogP contribution in [0.15, 0.2) is 24.3 Å². The lowest BCUT2D eigenvalue weighted by Crippen LogP contribution is -2.39. The second-order valence-electron chi connectivity index (χ2n) is 4.13. The molecule has 6 N–H and O–H groups in total. The molecule has 0 aliphatic heterocycles. The maximum absolute atomic E-state index is 11.4. The van der Waals surface area contributed by atoms with E-state index in [1.54, 1.807) is 31.2 Å². The van der Waals surface area contributed by atoms with Crippen LogP contribution in [0.4, 0.5) is 10.5 Å². The standard InChI is InChI=1S/C12H18N4O2/c1-7(13)11(17)15-8(2)9-3-5-10(6-4-9)16-12(14)18/h3-8H,13H2,1-2H3,(H,15,17)(H3,14,16,18). The number of carbonyl (C=O) groups is 2. The van der Waals surface area contributed by atoms with Gasteiger partial charge in [-0.25, -0.2) is 4.79 Å². The number of hydrogen-bond acceptors (Lipinski definition) is 3. The van der Waals surface area contributed by atoms with Gasteiger partial charge in [0.25, 0.3) is 0 Å². The minimum Gasteiger partial charge on any atom is -0.351 e. The number of anilines is 1. The zero-order chi connectivity index (χ0) is 13.7. The predicted octanol–water partition coefficient (Wildman–Crippen LogP) is 0.702. The molecule has 98 valence electrons. The molecule has 0 saturated carbocycles. The first-order valence-corrected chi connectivity index (χ1v) is 5.62. The van der Waals surface area contributed by atoms with Crippen LogP contribution in [0.3, 0.4) is 0 Å². The van der Waals surface area contributed by atoms with Gasteiger partial charge in [0.05, 0.1) is 12.1 Å². The van der Waals surface area contributed by atoms with Crippen molar-refractivity contribution in [2.24, 2.45) is 11.5 Å². The average Bonchev–Trinajstić information content (AvgIpc) is 2.28. The molecule has 0 saturated heterocycles. The number of rotatable bonds is 4. The van der Waals surface area contributed by atoms with E-state index in [1.807, 2.05) is 6.92 Å². The highest BCUT2D eigenvalue weighted by Crippen LogP contribution is 2.15. The van der Waals surface area contributed by atoms with Gasteiger partial charge in [-0.3, -0.25) is 4.79 Å². The van der Waals surface area contributed by atoms with Gasteiger partial charge in [0.2, 0.25) is 5.91 Å². The molecule has 2 unspecified atom stereocenters. The lowest BCUT2D eigenvalue weighted by molar-refractivity contribution is -0.122. The number of hydrogen-bond donors (Lipinski definition) is 4. The molecule has 0 aliphatic rings. The summed E-state index contributed by atoms with van der Waals surface area (Å²) in [5, 5.41) is 5.24. The molecule has 3 amide bonds. The van der Waals surface area contributed by atoms with E-state index in [0.29, 0.717) is 5.69 Å². The molecule has 0 spiro atoms. The van der Waals surface area contributed by atoms with Crippen molar-refractivity contribution < 1.29 is 9.59 Å². The third-order valence-electron chi connectivity index (χ3n) is 2.45. The number of nitrogens with two attached hydrogens (primary N) is 2. The van der Waals surface area contributed by atoms with Crippen molar-refractivity contribution >= 4 is 17.6 Å². The van der Waals surface area contributed by atoms with E-state index in [0.717, 1.165) is 5.56 Å². The van der Waals surface area contributed by atoms with E-state index in [1.165, 1.54) is 0 Å². The highest BCUT2D eigenvalue weighted by Gasteiger charge is 2.12. The van der Waals surface area contributed by atoms with Crippen molar-refractivity contribution in [3.05, 3.63) is 29.8 Å². The number of primary amides is 1. The van der Waals surface area contributed by atoms with Crippen LogP contribution < -0.4 is 22.1 Å². The second-order valence-corrected chi connectivity index (χ2v) is 4.13. The minimum atomic E-state index is -0.610. The summed E-state index contributed by atoms with van der Waals surface area (Å²) in [6.07, 6.45) is 0. The maximum atomic E-state index is 11.4. The molecular formula is C12H18N4O2. The molecule has 0 radical (unpaired) electrons. The number of nitrogens with one attached hydrogen (secondary N) is 2. The van der Waals surface area contributed by atoms with E-state index < -0.39 is 12.1 Å². The topological polar surface area (TPSA) is 110 Å². The first-order valence-electron chi connectivity index (χ1n) is 5.62. The Morgan fingerprint density at radius 2 is 1.72 bits per heavy atom. The van der Waals surface area contributed by atoms with E-state index >= 15 is 0 Å². The monoisotopic (exact) mass is 250 g/mol. The van der Waals surface area contributed by atoms with Crippen LogP contribution in [0.1, 0.15) is 25.5 Å². The largest absolute Gasteiger partial charge is 0.351 e. The Morgan fingerprint density at radius 3 is 2.17 bits per heavy atom. The molecular weight excluding hydrogens is 232 g/mol. The summed E-state index contributed by atoms with van der Waals surface area (Å²) >= 11 is 0. The first kappa shape index (κ1) is 14.0. The SMILES string of the molecule is CC(N)C(=O)NC(C)c1ccc(NC(N)=O)cc1. The fraction of sp³-hybridized carbons (Fsp3) is 0.333. The zero-order valence-corrected chi connectivity index (χ0v) is 10.4. The molecule has 6 nitrogen and oxygen atoms in total. The van der Waals surface area contributed by atoms with E-state index in [2.05, 4.69) is 10.6 Å². The quantitative estimate of drug-likeness (QED) is 0.631. The van der Waals surface area contributed by atoms with Crippen molar-refractivity contribution in [3.8, 4) is 0 Å². The fourth-order valence-electron chi connectivity index (χ4n) is 1.43. The second kappa shape index (κ2) is 6.02. The van der Waals surface area contributed by atoms with Crippen LogP contribution >= 0.6 is 0 Å². The Kier molecular flexibility index (Phi) is 4.67. The smallest absolute Gasteiger partial charge is 0.316 e. The summed E-state index contributed by atoms with van der Waals surface area (Å²) in [6, 6.07) is 5.74. The van der Waals surface area contributed by atoms with Gasteiger partial charge < -0.3 is 22.1 Å². The highest BCUT2D eigenvalue weighted by molar-refractivity contribution is 5.87. The van der Waals surface area contributed by atoms with Crippen molar-refractivity contribution in [2.45, 2.75) is 25.9 Å². The summed E-state index contributed by atoms with van der Waals surface area (Å²) in [5.41, 5.74) is 12.0. The number of benzene rings is 1. The molecule has 2 atom stereocenters. The average molecular weight is 250 g/mol. The van der Waals surface area contributed by atoms with Crippen LogP contribution in [-0.2, 0) is 4.79 Å². The maximum Gasteiger partial charge on any atom is 0.316 e. The molecule has 0 fully saturated rings. The summed E-state index contributed by atoms with van der Waals surface area (Å²) in [5.74, 6) is -0.207. The van der Waals surface area contributed by atoms with E-state index in [-0.39, 0.29) is 11.9 Å². The summed E-state index contributed by atoms with van der Waals surface area (Å²) in [7, 11) is 0. The Labute approximate surface area is 106 Å². The van der Waals surface area contributed by atoms with Gasteiger partial charge in [-0.2, -0.15) is 0 Å². The van der Waals surface area contributed by atoms with Crippen molar-refractivity contribution in [3.63, 3.8) is 0 Å². The Balaban J connectivity index is 2.67. The van der Waals surface area contributed by atoms with Gasteiger partial charge in [-0.05, 0) is 31.5 Å². The van der Waals surface area contributed by atoms with Crippen molar-refractivity contribution in [1.82, 2.24) is 5.32 Å². The summed E-state index contributed by atoms with van der Waals surface area (Å²) in [6.45, 7) is 3.48. The summed E-state index contributed by atoms with van der Waals surface area (Å²) < 4.78 is 0. The lowest BCUT2D eigenvalue weighted by Gasteiger charge is -2.16. The van der Waals surface area contributed by atoms with Gasteiger partial charge in [0, 0.05) is 5.69 Å². The molecule has 0 bridgehead atoms. The van der Waals surface area contributed by atoms with Gasteiger partial charge >= 0.3 is 6.03 Å². The third-order valence-corrected chi connectivity index (χ3v) is 2.45. The summed E-state index contributed by atoms with van der Waals surface area (Å²) in [4.78, 5) is 22.1.